The molecule has 0 saturated carbocycles. The second-order valence-electron chi connectivity index (χ2n) is 4.18. The predicted octanol–water partition coefficient (Wildman–Crippen LogP) is 2.97. The van der Waals surface area contributed by atoms with Crippen molar-refractivity contribution in [2.45, 2.75) is 24.1 Å². The molecule has 5 nitrogen and oxygen atoms in total. The van der Waals surface area contributed by atoms with Gasteiger partial charge in [-0.2, -0.15) is 0 Å². The number of nitrogen functional groups attached to an aromatic ring is 1. The molecule has 0 amide bonds. The summed E-state index contributed by atoms with van der Waals surface area (Å²) in [6, 6.07) is 5.56. The topological polar surface area (TPSA) is 77.8 Å². The van der Waals surface area contributed by atoms with Crippen LogP contribution in [0.15, 0.2) is 39.2 Å². The first kappa shape index (κ1) is 12.0. The molecule has 1 aromatic carbocycles. The van der Waals surface area contributed by atoms with Crippen LogP contribution in [0, 0.1) is 13.8 Å². The van der Waals surface area contributed by atoms with Gasteiger partial charge in [0, 0.05) is 11.1 Å². The molecule has 0 radical (unpaired) electrons. The van der Waals surface area contributed by atoms with Crippen LogP contribution < -0.4 is 5.73 Å². The Morgan fingerprint density at radius 2 is 2.05 bits per heavy atom. The Morgan fingerprint density at radius 3 is 2.79 bits per heavy atom. The molecule has 0 unspecified atom stereocenters. The Labute approximate surface area is 114 Å². The Bertz CT molecular complexity index is 734. The average Bonchev–Trinajstić information content (AvgIpc) is 2.69. The highest BCUT2D eigenvalue weighted by atomic mass is 32.2. The van der Waals surface area contributed by atoms with Crippen molar-refractivity contribution in [2.75, 3.05) is 5.73 Å². The number of hydrogen-bond donors (Lipinski definition) is 1. The maximum atomic E-state index is 5.81. The first-order chi connectivity index (χ1) is 9.13. The molecule has 3 aromatic rings. The van der Waals surface area contributed by atoms with E-state index in [1.165, 1.54) is 18.1 Å². The molecule has 0 aliphatic carbocycles. The molecule has 0 atom stereocenters. The zero-order chi connectivity index (χ0) is 13.4. The summed E-state index contributed by atoms with van der Waals surface area (Å²) >= 11 is 1.38. The summed E-state index contributed by atoms with van der Waals surface area (Å²) in [6.07, 6.45) is 1.53. The summed E-state index contributed by atoms with van der Waals surface area (Å²) in [5.41, 5.74) is 8.24. The molecular weight excluding hydrogens is 260 g/mol. The standard InChI is InChI=1S/C13H12N4OS/c1-7-8(2)18-13(17-7)19-12-10-5-9(14)3-4-11(10)15-6-16-12/h3-6H,14H2,1-2H3. The molecule has 2 N–H and O–H groups in total. The summed E-state index contributed by atoms with van der Waals surface area (Å²) in [4.78, 5) is 12.8. The fraction of sp³-hybridized carbons (Fsp3) is 0.154. The van der Waals surface area contributed by atoms with Crippen LogP contribution in [0.25, 0.3) is 10.9 Å². The van der Waals surface area contributed by atoms with E-state index in [-0.39, 0.29) is 0 Å². The van der Waals surface area contributed by atoms with E-state index < -0.39 is 0 Å². The second-order valence-corrected chi connectivity index (χ2v) is 5.12. The van der Waals surface area contributed by atoms with Gasteiger partial charge in [-0.1, -0.05) is 0 Å². The fourth-order valence-corrected chi connectivity index (χ4v) is 2.59. The lowest BCUT2D eigenvalue weighted by atomic mass is 10.2. The quantitative estimate of drug-likeness (QED) is 0.571. The maximum absolute atomic E-state index is 5.81. The van der Waals surface area contributed by atoms with Crippen LogP contribution in [0.1, 0.15) is 11.5 Å². The highest BCUT2D eigenvalue weighted by molar-refractivity contribution is 7.99. The van der Waals surface area contributed by atoms with E-state index in [2.05, 4.69) is 15.0 Å². The maximum Gasteiger partial charge on any atom is 0.262 e. The van der Waals surface area contributed by atoms with Gasteiger partial charge in [0.25, 0.3) is 5.22 Å². The van der Waals surface area contributed by atoms with Crippen LogP contribution in [0.2, 0.25) is 0 Å². The zero-order valence-corrected chi connectivity index (χ0v) is 11.4. The Hall–Kier alpha value is -2.08. The predicted molar refractivity (Wildman–Crippen MR) is 74.1 cm³/mol. The molecule has 96 valence electrons. The average molecular weight is 272 g/mol. The zero-order valence-electron chi connectivity index (χ0n) is 10.5. The molecule has 0 aliphatic rings. The van der Waals surface area contributed by atoms with Gasteiger partial charge >= 0.3 is 0 Å². The van der Waals surface area contributed by atoms with Gasteiger partial charge < -0.3 is 10.2 Å². The number of nitrogens with zero attached hydrogens (tertiary/aromatic N) is 3. The van der Waals surface area contributed by atoms with Gasteiger partial charge in [-0.15, -0.1) is 0 Å². The van der Waals surface area contributed by atoms with E-state index in [0.29, 0.717) is 10.9 Å². The van der Waals surface area contributed by atoms with Gasteiger partial charge in [0.2, 0.25) is 0 Å². The van der Waals surface area contributed by atoms with Gasteiger partial charge in [0.05, 0.1) is 11.2 Å². The number of anilines is 1. The minimum atomic E-state index is 0.581. The van der Waals surface area contributed by atoms with E-state index in [1.807, 2.05) is 32.0 Å². The molecule has 2 heterocycles. The number of oxazole rings is 1. The van der Waals surface area contributed by atoms with Gasteiger partial charge in [-0.25, -0.2) is 15.0 Å². The van der Waals surface area contributed by atoms with Gasteiger partial charge in [0.15, 0.2) is 0 Å². The fourth-order valence-electron chi connectivity index (χ4n) is 1.70. The number of rotatable bonds is 2. The largest absolute Gasteiger partial charge is 0.436 e. The van der Waals surface area contributed by atoms with Crippen molar-refractivity contribution < 1.29 is 4.42 Å². The molecule has 0 spiro atoms. The Kier molecular flexibility index (Phi) is 2.87. The van der Waals surface area contributed by atoms with Crippen molar-refractivity contribution in [1.82, 2.24) is 15.0 Å². The first-order valence-corrected chi connectivity index (χ1v) is 6.57. The lowest BCUT2D eigenvalue weighted by Crippen LogP contribution is -1.90. The number of benzene rings is 1. The summed E-state index contributed by atoms with van der Waals surface area (Å²) in [5.74, 6) is 0.820. The third-order valence-electron chi connectivity index (χ3n) is 2.82. The van der Waals surface area contributed by atoms with Crippen LogP contribution in [-0.4, -0.2) is 15.0 Å². The summed E-state index contributed by atoms with van der Waals surface area (Å²) < 4.78 is 5.56. The molecule has 0 fully saturated rings. The number of fused-ring (bicyclic) bond motifs is 1. The van der Waals surface area contributed by atoms with Crippen molar-refractivity contribution >= 4 is 28.4 Å². The summed E-state index contributed by atoms with van der Waals surface area (Å²) in [5, 5.41) is 2.27. The highest BCUT2D eigenvalue weighted by Gasteiger charge is 2.11. The number of hydrogen-bond acceptors (Lipinski definition) is 6. The van der Waals surface area contributed by atoms with Gasteiger partial charge in [-0.05, 0) is 43.8 Å². The van der Waals surface area contributed by atoms with Crippen molar-refractivity contribution in [3.8, 4) is 0 Å². The molecule has 0 aliphatic heterocycles. The summed E-state index contributed by atoms with van der Waals surface area (Å²) in [6.45, 7) is 3.81. The third kappa shape index (κ3) is 2.26. The smallest absolute Gasteiger partial charge is 0.262 e. The normalized spacial score (nSPS) is 11.1. The second kappa shape index (κ2) is 4.55. The molecule has 3 rings (SSSR count). The minimum absolute atomic E-state index is 0.581. The van der Waals surface area contributed by atoms with Crippen molar-refractivity contribution in [3.63, 3.8) is 0 Å². The lowest BCUT2D eigenvalue weighted by Gasteiger charge is -2.03. The van der Waals surface area contributed by atoms with E-state index in [4.69, 9.17) is 10.2 Å². The van der Waals surface area contributed by atoms with Crippen LogP contribution in [0.4, 0.5) is 5.69 Å². The van der Waals surface area contributed by atoms with Crippen LogP contribution >= 0.6 is 11.8 Å². The molecule has 6 heteroatoms. The first-order valence-electron chi connectivity index (χ1n) is 5.75. The molecule has 2 aromatic heterocycles. The molecular formula is C13H12N4OS. The van der Waals surface area contributed by atoms with E-state index in [9.17, 15) is 0 Å². The minimum Gasteiger partial charge on any atom is -0.436 e. The van der Waals surface area contributed by atoms with E-state index in [0.717, 1.165) is 27.4 Å². The highest BCUT2D eigenvalue weighted by Crippen LogP contribution is 2.32. The van der Waals surface area contributed by atoms with E-state index in [1.54, 1.807) is 0 Å². The van der Waals surface area contributed by atoms with Crippen LogP contribution in [0.5, 0.6) is 0 Å². The van der Waals surface area contributed by atoms with Crippen molar-refractivity contribution in [3.05, 3.63) is 36.0 Å². The van der Waals surface area contributed by atoms with Gasteiger partial charge in [0.1, 0.15) is 17.1 Å². The van der Waals surface area contributed by atoms with Crippen LogP contribution in [0.3, 0.4) is 0 Å². The Balaban J connectivity index is 2.07. The van der Waals surface area contributed by atoms with Crippen molar-refractivity contribution in [1.29, 1.82) is 0 Å². The SMILES string of the molecule is Cc1nc(Sc2ncnc3ccc(N)cc23)oc1C. The number of nitrogens with two attached hydrogens (primary N) is 1. The van der Waals surface area contributed by atoms with Crippen molar-refractivity contribution in [2.24, 2.45) is 0 Å². The Morgan fingerprint density at radius 1 is 1.21 bits per heavy atom. The monoisotopic (exact) mass is 272 g/mol. The number of aryl methyl sites for hydroxylation is 2. The molecule has 19 heavy (non-hydrogen) atoms. The number of aromatic nitrogens is 3. The third-order valence-corrected chi connectivity index (χ3v) is 3.68. The molecule has 0 saturated heterocycles. The lowest BCUT2D eigenvalue weighted by molar-refractivity contribution is 0.431. The molecule has 0 bridgehead atoms. The summed E-state index contributed by atoms with van der Waals surface area (Å²) in [7, 11) is 0. The van der Waals surface area contributed by atoms with Gasteiger partial charge in [-0.3, -0.25) is 0 Å². The van der Waals surface area contributed by atoms with E-state index >= 15 is 0 Å². The van der Waals surface area contributed by atoms with Crippen LogP contribution in [-0.2, 0) is 0 Å².